The van der Waals surface area contributed by atoms with Gasteiger partial charge in [0.2, 0.25) is 0 Å². The fraction of sp³-hybridized carbons (Fsp3) is 0.125. The van der Waals surface area contributed by atoms with E-state index in [1.54, 1.807) is 66.7 Å². The van der Waals surface area contributed by atoms with Crippen LogP contribution in [0.2, 0.25) is 0 Å². The molecule has 3 aromatic rings. The second-order valence-electron chi connectivity index (χ2n) is 6.58. The van der Waals surface area contributed by atoms with Crippen molar-refractivity contribution in [2.75, 3.05) is 14.2 Å². The maximum Gasteiger partial charge on any atom is 0.343 e. The number of esters is 1. The fourth-order valence-electron chi connectivity index (χ4n) is 2.77. The minimum Gasteiger partial charge on any atom is -0.493 e. The van der Waals surface area contributed by atoms with E-state index in [1.807, 2.05) is 0 Å². The molecule has 0 aliphatic carbocycles. The van der Waals surface area contributed by atoms with Crippen LogP contribution in [0, 0.1) is 0 Å². The van der Waals surface area contributed by atoms with Gasteiger partial charge >= 0.3 is 5.97 Å². The van der Waals surface area contributed by atoms with Gasteiger partial charge in [0.15, 0.2) is 17.6 Å². The van der Waals surface area contributed by atoms with Crippen LogP contribution in [0.5, 0.6) is 17.2 Å². The smallest absolute Gasteiger partial charge is 0.343 e. The van der Waals surface area contributed by atoms with Crippen molar-refractivity contribution >= 4 is 18.1 Å². The second kappa shape index (κ2) is 10.7. The van der Waals surface area contributed by atoms with Crippen molar-refractivity contribution < 1.29 is 28.9 Å². The zero-order chi connectivity index (χ0) is 22.9. The maximum absolute atomic E-state index is 12.4. The van der Waals surface area contributed by atoms with E-state index in [9.17, 15) is 14.7 Å². The van der Waals surface area contributed by atoms with E-state index >= 15 is 0 Å². The summed E-state index contributed by atoms with van der Waals surface area (Å²) in [6.07, 6.45) is 0.0990. The van der Waals surface area contributed by atoms with E-state index in [0.717, 1.165) is 0 Å². The summed E-state index contributed by atoms with van der Waals surface area (Å²) in [7, 11) is 3.00. The van der Waals surface area contributed by atoms with Gasteiger partial charge in [-0.3, -0.25) is 4.79 Å². The largest absolute Gasteiger partial charge is 0.493 e. The Hall–Kier alpha value is -4.17. The fourth-order valence-corrected chi connectivity index (χ4v) is 2.77. The van der Waals surface area contributed by atoms with Crippen LogP contribution in [0.25, 0.3) is 0 Å². The van der Waals surface area contributed by atoms with Crippen molar-refractivity contribution in [1.82, 2.24) is 5.43 Å². The Kier molecular flexibility index (Phi) is 7.55. The highest BCUT2D eigenvalue weighted by molar-refractivity contribution is 5.92. The van der Waals surface area contributed by atoms with Gasteiger partial charge in [0, 0.05) is 0 Å². The molecule has 8 heteroatoms. The highest BCUT2D eigenvalue weighted by atomic mass is 16.5. The van der Waals surface area contributed by atoms with Gasteiger partial charge in [0.25, 0.3) is 5.91 Å². The molecule has 8 nitrogen and oxygen atoms in total. The molecule has 0 aliphatic heterocycles. The molecule has 0 saturated carbocycles. The number of nitrogens with zero attached hydrogens (tertiary/aromatic N) is 1. The van der Waals surface area contributed by atoms with Crippen molar-refractivity contribution in [3.8, 4) is 17.2 Å². The zero-order valence-corrected chi connectivity index (χ0v) is 17.5. The summed E-state index contributed by atoms with van der Waals surface area (Å²) in [6.45, 7) is 0. The lowest BCUT2D eigenvalue weighted by atomic mass is 10.1. The SMILES string of the molecule is COc1ccc(C(=O)Oc2ccc(C=NNC(=O)C(O)c3ccccc3)cc2)cc1OC. The number of hydrogen-bond acceptors (Lipinski definition) is 7. The quantitative estimate of drug-likeness (QED) is 0.244. The molecular weight excluding hydrogens is 412 g/mol. The molecule has 2 N–H and O–H groups in total. The van der Waals surface area contributed by atoms with Crippen LogP contribution < -0.4 is 19.6 Å². The number of nitrogens with one attached hydrogen (secondary N) is 1. The van der Waals surface area contributed by atoms with Gasteiger partial charge in [-0.1, -0.05) is 30.3 Å². The van der Waals surface area contributed by atoms with Crippen molar-refractivity contribution in [2.24, 2.45) is 5.10 Å². The molecule has 0 heterocycles. The van der Waals surface area contributed by atoms with E-state index in [4.69, 9.17) is 14.2 Å². The molecule has 32 heavy (non-hydrogen) atoms. The van der Waals surface area contributed by atoms with Gasteiger partial charge in [0.1, 0.15) is 5.75 Å². The Morgan fingerprint density at radius 3 is 2.28 bits per heavy atom. The van der Waals surface area contributed by atoms with E-state index in [0.29, 0.717) is 33.9 Å². The Labute approximate surface area is 185 Å². The Morgan fingerprint density at radius 1 is 0.938 bits per heavy atom. The van der Waals surface area contributed by atoms with E-state index < -0.39 is 18.0 Å². The Morgan fingerprint density at radius 2 is 1.62 bits per heavy atom. The summed E-state index contributed by atoms with van der Waals surface area (Å²) in [4.78, 5) is 24.4. The summed E-state index contributed by atoms with van der Waals surface area (Å²) in [6, 6.07) is 19.8. The van der Waals surface area contributed by atoms with Gasteiger partial charge in [-0.05, 0) is 53.6 Å². The number of hydrazone groups is 1. The Balaban J connectivity index is 1.57. The van der Waals surface area contributed by atoms with Crippen LogP contribution in [0.15, 0.2) is 77.9 Å². The van der Waals surface area contributed by atoms with Gasteiger partial charge in [-0.15, -0.1) is 0 Å². The lowest BCUT2D eigenvalue weighted by Gasteiger charge is -2.09. The molecule has 0 saturated heterocycles. The lowest BCUT2D eigenvalue weighted by Crippen LogP contribution is -2.25. The van der Waals surface area contributed by atoms with Crippen molar-refractivity contribution in [1.29, 1.82) is 0 Å². The van der Waals surface area contributed by atoms with E-state index in [-0.39, 0.29) is 0 Å². The van der Waals surface area contributed by atoms with Crippen LogP contribution in [0.4, 0.5) is 0 Å². The number of ether oxygens (including phenoxy) is 3. The van der Waals surface area contributed by atoms with Crippen molar-refractivity contribution in [2.45, 2.75) is 6.10 Å². The summed E-state index contributed by atoms with van der Waals surface area (Å²) in [5.74, 6) is 0.0805. The minimum absolute atomic E-state index is 0.313. The topological polar surface area (TPSA) is 106 Å². The molecule has 0 aliphatic rings. The molecule has 1 atom stereocenters. The highest BCUT2D eigenvalue weighted by Crippen LogP contribution is 2.28. The third-order valence-corrected chi connectivity index (χ3v) is 4.46. The van der Waals surface area contributed by atoms with Gasteiger partial charge in [-0.2, -0.15) is 5.10 Å². The summed E-state index contributed by atoms with van der Waals surface area (Å²) >= 11 is 0. The van der Waals surface area contributed by atoms with Gasteiger partial charge < -0.3 is 19.3 Å². The van der Waals surface area contributed by atoms with E-state index in [1.165, 1.54) is 26.5 Å². The van der Waals surface area contributed by atoms with Crippen LogP contribution in [0.3, 0.4) is 0 Å². The number of amides is 1. The number of hydrogen-bond donors (Lipinski definition) is 2. The summed E-state index contributed by atoms with van der Waals surface area (Å²) in [5, 5.41) is 13.9. The molecule has 0 radical (unpaired) electrons. The zero-order valence-electron chi connectivity index (χ0n) is 17.5. The number of aliphatic hydroxyl groups excluding tert-OH is 1. The van der Waals surface area contributed by atoms with Crippen LogP contribution in [-0.4, -0.2) is 37.4 Å². The lowest BCUT2D eigenvalue weighted by molar-refractivity contribution is -0.129. The third kappa shape index (κ3) is 5.71. The van der Waals surface area contributed by atoms with Gasteiger partial charge in [0.05, 0.1) is 26.0 Å². The molecule has 1 unspecified atom stereocenters. The van der Waals surface area contributed by atoms with E-state index in [2.05, 4.69) is 10.5 Å². The first-order chi connectivity index (χ1) is 15.5. The maximum atomic E-state index is 12.4. The average Bonchev–Trinajstić information content (AvgIpc) is 2.84. The molecule has 0 spiro atoms. The summed E-state index contributed by atoms with van der Waals surface area (Å²) in [5.41, 5.74) is 3.73. The number of rotatable bonds is 8. The average molecular weight is 434 g/mol. The normalized spacial score (nSPS) is 11.6. The predicted molar refractivity (Wildman–Crippen MR) is 118 cm³/mol. The first kappa shape index (κ1) is 22.5. The molecule has 0 fully saturated rings. The first-order valence-corrected chi connectivity index (χ1v) is 9.62. The van der Waals surface area contributed by atoms with Gasteiger partial charge in [-0.25, -0.2) is 10.2 Å². The third-order valence-electron chi connectivity index (χ3n) is 4.46. The second-order valence-corrected chi connectivity index (χ2v) is 6.58. The number of carbonyl (C=O) groups excluding carboxylic acids is 2. The monoisotopic (exact) mass is 434 g/mol. The molecule has 0 bridgehead atoms. The molecule has 3 aromatic carbocycles. The molecule has 164 valence electrons. The first-order valence-electron chi connectivity index (χ1n) is 9.62. The standard InChI is InChI=1S/C24H22N2O6/c1-30-20-13-10-18(14-21(20)31-2)24(29)32-19-11-8-16(9-12-19)15-25-26-23(28)22(27)17-6-4-3-5-7-17/h3-15,22,27H,1-2H3,(H,26,28). The van der Waals surface area contributed by atoms with Crippen LogP contribution in [0.1, 0.15) is 27.6 Å². The number of methoxy groups -OCH3 is 2. The van der Waals surface area contributed by atoms with Crippen molar-refractivity contribution in [3.63, 3.8) is 0 Å². The Bertz CT molecular complexity index is 1100. The number of benzene rings is 3. The van der Waals surface area contributed by atoms with Crippen LogP contribution >= 0.6 is 0 Å². The minimum atomic E-state index is -1.31. The molecule has 3 rings (SSSR count). The molecule has 1 amide bonds. The number of carbonyl (C=O) groups is 2. The van der Waals surface area contributed by atoms with Crippen molar-refractivity contribution in [3.05, 3.63) is 89.5 Å². The van der Waals surface area contributed by atoms with Crippen LogP contribution in [-0.2, 0) is 4.79 Å². The number of aliphatic hydroxyl groups is 1. The summed E-state index contributed by atoms with van der Waals surface area (Å²) < 4.78 is 15.7. The molecule has 0 aromatic heterocycles. The highest BCUT2D eigenvalue weighted by Gasteiger charge is 2.16. The molecular formula is C24H22N2O6. The predicted octanol–water partition coefficient (Wildman–Crippen LogP) is 3.11.